The van der Waals surface area contributed by atoms with E-state index in [1.807, 2.05) is 43.3 Å². The fraction of sp³-hybridized carbons (Fsp3) is 0.368. The Bertz CT molecular complexity index is 491. The smallest absolute Gasteiger partial charge is 0.127 e. The zero-order valence-electron chi connectivity index (χ0n) is 13.0. The van der Waals surface area contributed by atoms with E-state index in [0.29, 0.717) is 5.92 Å². The first-order chi connectivity index (χ1) is 10.1. The number of ether oxygens (including phenoxy) is 1. The highest BCUT2D eigenvalue weighted by Gasteiger charge is 2.06. The van der Waals surface area contributed by atoms with Crippen LogP contribution in [-0.2, 0) is 0 Å². The van der Waals surface area contributed by atoms with Gasteiger partial charge in [0, 0.05) is 0 Å². The van der Waals surface area contributed by atoms with Gasteiger partial charge in [-0.25, -0.2) is 0 Å². The summed E-state index contributed by atoms with van der Waals surface area (Å²) in [6.45, 7) is 6.39. The Labute approximate surface area is 127 Å². The number of aliphatic hydroxyl groups excluding tert-OH is 1. The molecule has 1 N–H and O–H groups in total. The minimum Gasteiger partial charge on any atom is -0.457 e. The maximum Gasteiger partial charge on any atom is 0.127 e. The van der Waals surface area contributed by atoms with Crippen LogP contribution in [0.25, 0.3) is 0 Å². The number of rotatable bonds is 6. The zero-order chi connectivity index (χ0) is 15.2. The first-order valence-corrected chi connectivity index (χ1v) is 7.69. The molecule has 2 atom stereocenters. The third-order valence-corrected chi connectivity index (χ3v) is 3.95. The summed E-state index contributed by atoms with van der Waals surface area (Å²) in [7, 11) is 0. The Morgan fingerprint density at radius 3 is 1.71 bits per heavy atom. The SMILES string of the molecule is CCC(C)c1ccc(Oc2ccc([C@@H](O)CC)cc2)cc1. The van der Waals surface area contributed by atoms with Crippen molar-refractivity contribution in [2.45, 2.75) is 45.6 Å². The van der Waals surface area contributed by atoms with Crippen LogP contribution in [0.1, 0.15) is 56.8 Å². The summed E-state index contributed by atoms with van der Waals surface area (Å²) in [5.41, 5.74) is 2.27. The molecule has 0 radical (unpaired) electrons. The summed E-state index contributed by atoms with van der Waals surface area (Å²) in [5, 5.41) is 9.77. The van der Waals surface area contributed by atoms with Gasteiger partial charge in [-0.15, -0.1) is 0 Å². The van der Waals surface area contributed by atoms with Crippen LogP contribution < -0.4 is 4.74 Å². The molecule has 0 bridgehead atoms. The molecule has 0 heterocycles. The van der Waals surface area contributed by atoms with E-state index in [0.717, 1.165) is 29.9 Å². The predicted octanol–water partition coefficient (Wildman–Crippen LogP) is 5.44. The van der Waals surface area contributed by atoms with Crippen molar-refractivity contribution in [3.05, 3.63) is 59.7 Å². The maximum absolute atomic E-state index is 9.77. The quantitative estimate of drug-likeness (QED) is 0.765. The van der Waals surface area contributed by atoms with Crippen LogP contribution >= 0.6 is 0 Å². The largest absolute Gasteiger partial charge is 0.457 e. The number of hydrogen-bond donors (Lipinski definition) is 1. The molecule has 0 saturated carbocycles. The third kappa shape index (κ3) is 4.08. The molecular formula is C19H24O2. The standard InChI is InChI=1S/C19H24O2/c1-4-14(3)15-6-10-17(11-7-15)21-18-12-8-16(9-13-18)19(20)5-2/h6-14,19-20H,4-5H2,1-3H3/t14?,19-/m0/s1. The second-order valence-electron chi connectivity index (χ2n) is 5.47. The van der Waals surface area contributed by atoms with E-state index >= 15 is 0 Å². The lowest BCUT2D eigenvalue weighted by Gasteiger charge is -2.12. The molecule has 0 aromatic heterocycles. The van der Waals surface area contributed by atoms with E-state index in [1.165, 1.54) is 5.56 Å². The van der Waals surface area contributed by atoms with Gasteiger partial charge in [-0.3, -0.25) is 0 Å². The van der Waals surface area contributed by atoms with Gasteiger partial charge in [0.2, 0.25) is 0 Å². The van der Waals surface area contributed by atoms with Crippen molar-refractivity contribution in [1.82, 2.24) is 0 Å². The lowest BCUT2D eigenvalue weighted by atomic mass is 9.99. The molecular weight excluding hydrogens is 260 g/mol. The van der Waals surface area contributed by atoms with E-state index < -0.39 is 6.10 Å². The van der Waals surface area contributed by atoms with Crippen molar-refractivity contribution in [2.75, 3.05) is 0 Å². The molecule has 2 aromatic rings. The van der Waals surface area contributed by atoms with Gasteiger partial charge >= 0.3 is 0 Å². The molecule has 0 fully saturated rings. The second kappa shape index (κ2) is 7.28. The maximum atomic E-state index is 9.77. The monoisotopic (exact) mass is 284 g/mol. The number of benzene rings is 2. The molecule has 0 saturated heterocycles. The third-order valence-electron chi connectivity index (χ3n) is 3.95. The Morgan fingerprint density at radius 1 is 0.810 bits per heavy atom. The van der Waals surface area contributed by atoms with Crippen molar-refractivity contribution in [2.24, 2.45) is 0 Å². The molecule has 0 spiro atoms. The van der Waals surface area contributed by atoms with E-state index in [4.69, 9.17) is 4.74 Å². The summed E-state index contributed by atoms with van der Waals surface area (Å²) in [4.78, 5) is 0. The molecule has 2 aromatic carbocycles. The molecule has 1 unspecified atom stereocenters. The van der Waals surface area contributed by atoms with Crippen LogP contribution in [0, 0.1) is 0 Å². The molecule has 112 valence electrons. The van der Waals surface area contributed by atoms with E-state index in [2.05, 4.69) is 26.0 Å². The zero-order valence-corrected chi connectivity index (χ0v) is 13.0. The van der Waals surface area contributed by atoms with E-state index in [9.17, 15) is 5.11 Å². The van der Waals surface area contributed by atoms with Gasteiger partial charge < -0.3 is 9.84 Å². The topological polar surface area (TPSA) is 29.5 Å². The van der Waals surface area contributed by atoms with Gasteiger partial charge in [0.15, 0.2) is 0 Å². The van der Waals surface area contributed by atoms with Crippen molar-refractivity contribution in [1.29, 1.82) is 0 Å². The van der Waals surface area contributed by atoms with Crippen molar-refractivity contribution in [3.8, 4) is 11.5 Å². The van der Waals surface area contributed by atoms with Crippen molar-refractivity contribution in [3.63, 3.8) is 0 Å². The highest BCUT2D eigenvalue weighted by molar-refractivity contribution is 5.35. The van der Waals surface area contributed by atoms with Gasteiger partial charge in [-0.05, 0) is 54.2 Å². The first kappa shape index (κ1) is 15.6. The summed E-state index contributed by atoms with van der Waals surface area (Å²) >= 11 is 0. The number of aliphatic hydroxyl groups is 1. The van der Waals surface area contributed by atoms with Crippen molar-refractivity contribution >= 4 is 0 Å². The van der Waals surface area contributed by atoms with Crippen LogP contribution in [0.4, 0.5) is 0 Å². The Morgan fingerprint density at radius 2 is 1.29 bits per heavy atom. The van der Waals surface area contributed by atoms with Gasteiger partial charge in [0.25, 0.3) is 0 Å². The molecule has 0 amide bonds. The molecule has 0 aliphatic heterocycles. The molecule has 21 heavy (non-hydrogen) atoms. The first-order valence-electron chi connectivity index (χ1n) is 7.69. The normalized spacial score (nSPS) is 13.7. The lowest BCUT2D eigenvalue weighted by molar-refractivity contribution is 0.173. The second-order valence-corrected chi connectivity index (χ2v) is 5.47. The average molecular weight is 284 g/mol. The highest BCUT2D eigenvalue weighted by Crippen LogP contribution is 2.26. The summed E-state index contributed by atoms with van der Waals surface area (Å²) < 4.78 is 5.83. The molecule has 0 aliphatic carbocycles. The van der Waals surface area contributed by atoms with E-state index in [-0.39, 0.29) is 0 Å². The Hall–Kier alpha value is -1.80. The van der Waals surface area contributed by atoms with E-state index in [1.54, 1.807) is 0 Å². The minimum absolute atomic E-state index is 0.395. The Kier molecular flexibility index (Phi) is 5.40. The van der Waals surface area contributed by atoms with Crippen LogP contribution in [0.2, 0.25) is 0 Å². The summed E-state index contributed by atoms with van der Waals surface area (Å²) in [5.74, 6) is 2.21. The molecule has 2 nitrogen and oxygen atoms in total. The van der Waals surface area contributed by atoms with Crippen LogP contribution in [0.3, 0.4) is 0 Å². The van der Waals surface area contributed by atoms with Crippen molar-refractivity contribution < 1.29 is 9.84 Å². The summed E-state index contributed by atoms with van der Waals surface area (Å²) in [6.07, 6.45) is 1.47. The minimum atomic E-state index is -0.395. The lowest BCUT2D eigenvalue weighted by Crippen LogP contribution is -1.95. The van der Waals surface area contributed by atoms with Gasteiger partial charge in [0.1, 0.15) is 11.5 Å². The summed E-state index contributed by atoms with van der Waals surface area (Å²) in [6, 6.07) is 15.9. The Balaban J connectivity index is 2.04. The highest BCUT2D eigenvalue weighted by atomic mass is 16.5. The molecule has 2 rings (SSSR count). The van der Waals surface area contributed by atoms with Gasteiger partial charge in [-0.2, -0.15) is 0 Å². The fourth-order valence-electron chi connectivity index (χ4n) is 2.23. The van der Waals surface area contributed by atoms with Gasteiger partial charge in [-0.1, -0.05) is 45.0 Å². The van der Waals surface area contributed by atoms with Gasteiger partial charge in [0.05, 0.1) is 6.10 Å². The fourth-order valence-corrected chi connectivity index (χ4v) is 2.23. The van der Waals surface area contributed by atoms with Crippen LogP contribution in [-0.4, -0.2) is 5.11 Å². The number of hydrogen-bond acceptors (Lipinski definition) is 2. The molecule has 0 aliphatic rings. The average Bonchev–Trinajstić information content (AvgIpc) is 2.55. The molecule has 2 heteroatoms. The predicted molar refractivity (Wildman–Crippen MR) is 86.9 cm³/mol. The van der Waals surface area contributed by atoms with Crippen LogP contribution in [0.5, 0.6) is 11.5 Å². The van der Waals surface area contributed by atoms with Crippen LogP contribution in [0.15, 0.2) is 48.5 Å².